The van der Waals surface area contributed by atoms with Gasteiger partial charge in [-0.05, 0) is 29.7 Å². The normalized spacial score (nSPS) is 11.0. The van der Waals surface area contributed by atoms with E-state index in [4.69, 9.17) is 0 Å². The van der Waals surface area contributed by atoms with Gasteiger partial charge in [-0.25, -0.2) is 0 Å². The van der Waals surface area contributed by atoms with Crippen LogP contribution >= 0.6 is 0 Å². The largest absolute Gasteiger partial charge is 0.193 e. The van der Waals surface area contributed by atoms with E-state index in [0.29, 0.717) is 6.42 Å². The molecular formula is C17H15N. The number of hydrogen-bond donors (Lipinski definition) is 0. The van der Waals surface area contributed by atoms with Crippen LogP contribution in [0.15, 0.2) is 60.2 Å². The molecule has 0 spiro atoms. The van der Waals surface area contributed by atoms with E-state index in [1.54, 1.807) is 0 Å². The maximum Gasteiger partial charge on any atom is 0.0950 e. The first-order valence-corrected chi connectivity index (χ1v) is 6.00. The lowest BCUT2D eigenvalue weighted by Gasteiger charge is -2.02. The second-order valence-corrected chi connectivity index (χ2v) is 4.30. The van der Waals surface area contributed by atoms with Gasteiger partial charge in [0.25, 0.3) is 0 Å². The number of nitrogens with zero attached hydrogens (tertiary/aromatic N) is 1. The molecule has 0 saturated carbocycles. The Hall–Kier alpha value is -2.33. The minimum Gasteiger partial charge on any atom is -0.193 e. The number of nitriles is 1. The summed E-state index contributed by atoms with van der Waals surface area (Å²) < 4.78 is 0. The van der Waals surface area contributed by atoms with E-state index < -0.39 is 0 Å². The van der Waals surface area contributed by atoms with Crippen LogP contribution in [-0.2, 0) is 6.42 Å². The summed E-state index contributed by atoms with van der Waals surface area (Å²) in [5.74, 6) is 0. The van der Waals surface area contributed by atoms with Crippen LogP contribution in [0.1, 0.15) is 16.7 Å². The van der Waals surface area contributed by atoms with Gasteiger partial charge >= 0.3 is 0 Å². The molecule has 2 rings (SSSR count). The van der Waals surface area contributed by atoms with E-state index in [1.165, 1.54) is 11.1 Å². The Labute approximate surface area is 108 Å². The molecule has 0 aliphatic carbocycles. The highest BCUT2D eigenvalue weighted by Crippen LogP contribution is 2.15. The van der Waals surface area contributed by atoms with Crippen molar-refractivity contribution in [3.8, 4) is 6.07 Å². The second kappa shape index (κ2) is 5.84. The van der Waals surface area contributed by atoms with Crippen molar-refractivity contribution in [1.29, 1.82) is 5.26 Å². The van der Waals surface area contributed by atoms with Gasteiger partial charge in [-0.1, -0.05) is 54.6 Å². The second-order valence-electron chi connectivity index (χ2n) is 4.30. The molecule has 0 bridgehead atoms. The summed E-state index contributed by atoms with van der Waals surface area (Å²) >= 11 is 0. The Kier molecular flexibility index (Phi) is 3.94. The standard InChI is InChI=1S/C17H15N/c1-14-7-5-6-10-17(14)12-16(13-18)11-15-8-3-2-4-9-15/h2-10,12H,11H2,1H3/b16-12-. The van der Waals surface area contributed by atoms with Gasteiger partial charge in [-0.3, -0.25) is 0 Å². The Bertz CT molecular complexity index is 589. The lowest BCUT2D eigenvalue weighted by molar-refractivity contribution is 1.21. The zero-order chi connectivity index (χ0) is 12.8. The minimum absolute atomic E-state index is 0.686. The molecule has 88 valence electrons. The molecule has 0 heterocycles. The predicted octanol–water partition coefficient (Wildman–Crippen LogP) is 4.14. The number of rotatable bonds is 3. The maximum atomic E-state index is 9.22. The van der Waals surface area contributed by atoms with E-state index in [-0.39, 0.29) is 0 Å². The fourth-order valence-corrected chi connectivity index (χ4v) is 1.88. The summed E-state index contributed by atoms with van der Waals surface area (Å²) in [4.78, 5) is 0. The van der Waals surface area contributed by atoms with E-state index in [0.717, 1.165) is 11.1 Å². The smallest absolute Gasteiger partial charge is 0.0950 e. The van der Waals surface area contributed by atoms with Gasteiger partial charge in [-0.2, -0.15) is 5.26 Å². The minimum atomic E-state index is 0.686. The summed E-state index contributed by atoms with van der Waals surface area (Å²) in [5.41, 5.74) is 4.26. The van der Waals surface area contributed by atoms with Gasteiger partial charge in [0.05, 0.1) is 6.07 Å². The van der Waals surface area contributed by atoms with Gasteiger partial charge in [0.1, 0.15) is 0 Å². The topological polar surface area (TPSA) is 23.8 Å². The van der Waals surface area contributed by atoms with Crippen molar-refractivity contribution in [2.45, 2.75) is 13.3 Å². The van der Waals surface area contributed by atoms with Gasteiger partial charge in [0.2, 0.25) is 0 Å². The maximum absolute atomic E-state index is 9.22. The highest BCUT2D eigenvalue weighted by molar-refractivity contribution is 5.60. The van der Waals surface area contributed by atoms with Crippen molar-refractivity contribution in [2.75, 3.05) is 0 Å². The van der Waals surface area contributed by atoms with Crippen LogP contribution in [0.4, 0.5) is 0 Å². The fourth-order valence-electron chi connectivity index (χ4n) is 1.88. The number of benzene rings is 2. The number of allylic oxidation sites excluding steroid dienone is 1. The van der Waals surface area contributed by atoms with Crippen molar-refractivity contribution in [1.82, 2.24) is 0 Å². The van der Waals surface area contributed by atoms with Gasteiger partial charge < -0.3 is 0 Å². The number of aryl methyl sites for hydroxylation is 1. The van der Waals surface area contributed by atoms with E-state index >= 15 is 0 Å². The highest BCUT2D eigenvalue weighted by Gasteiger charge is 2.00. The molecule has 0 amide bonds. The van der Waals surface area contributed by atoms with Crippen LogP contribution in [0, 0.1) is 18.3 Å². The molecule has 2 aromatic rings. The molecular weight excluding hydrogens is 218 g/mol. The lowest BCUT2D eigenvalue weighted by Crippen LogP contribution is -1.89. The van der Waals surface area contributed by atoms with Gasteiger partial charge in [0, 0.05) is 12.0 Å². The molecule has 0 unspecified atom stereocenters. The Balaban J connectivity index is 2.25. The van der Waals surface area contributed by atoms with Crippen molar-refractivity contribution < 1.29 is 0 Å². The molecule has 0 N–H and O–H groups in total. The van der Waals surface area contributed by atoms with Crippen LogP contribution in [-0.4, -0.2) is 0 Å². The first-order valence-electron chi connectivity index (χ1n) is 6.00. The molecule has 0 aliphatic rings. The molecule has 1 heteroatoms. The highest BCUT2D eigenvalue weighted by atomic mass is 14.2. The van der Waals surface area contributed by atoms with E-state index in [1.807, 2.05) is 54.6 Å². The summed E-state index contributed by atoms with van der Waals surface area (Å²) in [6.45, 7) is 2.06. The van der Waals surface area contributed by atoms with Crippen molar-refractivity contribution >= 4 is 6.08 Å². The van der Waals surface area contributed by atoms with Gasteiger partial charge in [-0.15, -0.1) is 0 Å². The summed E-state index contributed by atoms with van der Waals surface area (Å²) in [5, 5.41) is 9.22. The third-order valence-electron chi connectivity index (χ3n) is 2.90. The predicted molar refractivity (Wildman–Crippen MR) is 74.9 cm³/mol. The van der Waals surface area contributed by atoms with Crippen LogP contribution in [0.2, 0.25) is 0 Å². The molecule has 0 aliphatic heterocycles. The SMILES string of the molecule is Cc1ccccc1/C=C(\C#N)Cc1ccccc1. The van der Waals surface area contributed by atoms with Gasteiger partial charge in [0.15, 0.2) is 0 Å². The molecule has 0 radical (unpaired) electrons. The molecule has 0 atom stereocenters. The van der Waals surface area contributed by atoms with Crippen LogP contribution < -0.4 is 0 Å². The zero-order valence-electron chi connectivity index (χ0n) is 10.4. The summed E-state index contributed by atoms with van der Waals surface area (Å²) in [6.07, 6.45) is 2.66. The lowest BCUT2D eigenvalue weighted by atomic mass is 10.0. The number of hydrogen-bond acceptors (Lipinski definition) is 1. The molecule has 0 saturated heterocycles. The first-order chi connectivity index (χ1) is 8.79. The summed E-state index contributed by atoms with van der Waals surface area (Å²) in [7, 11) is 0. The third kappa shape index (κ3) is 3.09. The summed E-state index contributed by atoms with van der Waals surface area (Å²) in [6, 6.07) is 20.5. The van der Waals surface area contributed by atoms with Crippen LogP contribution in [0.5, 0.6) is 0 Å². The van der Waals surface area contributed by atoms with Crippen molar-refractivity contribution in [3.05, 3.63) is 76.9 Å². The average molecular weight is 233 g/mol. The molecule has 0 aromatic heterocycles. The van der Waals surface area contributed by atoms with Crippen LogP contribution in [0.25, 0.3) is 6.08 Å². The third-order valence-corrected chi connectivity index (χ3v) is 2.90. The Morgan fingerprint density at radius 3 is 2.39 bits per heavy atom. The Morgan fingerprint density at radius 1 is 1.06 bits per heavy atom. The Morgan fingerprint density at radius 2 is 1.72 bits per heavy atom. The molecule has 2 aromatic carbocycles. The van der Waals surface area contributed by atoms with Crippen molar-refractivity contribution in [2.24, 2.45) is 0 Å². The van der Waals surface area contributed by atoms with E-state index in [9.17, 15) is 5.26 Å². The molecule has 1 nitrogen and oxygen atoms in total. The fraction of sp³-hybridized carbons (Fsp3) is 0.118. The van der Waals surface area contributed by atoms with Crippen molar-refractivity contribution in [3.63, 3.8) is 0 Å². The quantitative estimate of drug-likeness (QED) is 0.731. The first kappa shape index (κ1) is 12.1. The monoisotopic (exact) mass is 233 g/mol. The zero-order valence-corrected chi connectivity index (χ0v) is 10.4. The average Bonchev–Trinajstić information content (AvgIpc) is 2.41. The van der Waals surface area contributed by atoms with E-state index in [2.05, 4.69) is 19.1 Å². The molecule has 0 fully saturated rings. The molecule has 18 heavy (non-hydrogen) atoms. The van der Waals surface area contributed by atoms with Crippen LogP contribution in [0.3, 0.4) is 0 Å².